The molecule has 0 saturated carbocycles. The van der Waals surface area contributed by atoms with E-state index in [9.17, 15) is 26.3 Å². The first-order valence-corrected chi connectivity index (χ1v) is 8.62. The predicted molar refractivity (Wildman–Crippen MR) is 84.8 cm³/mol. The van der Waals surface area contributed by atoms with Crippen LogP contribution in [-0.4, -0.2) is 61.2 Å². The molecule has 0 spiro atoms. The molecule has 2 unspecified atom stereocenters. The molecule has 2 N–H and O–H groups in total. The molecule has 0 heterocycles. The van der Waals surface area contributed by atoms with E-state index in [1.807, 2.05) is 13.8 Å². The van der Waals surface area contributed by atoms with Crippen molar-refractivity contribution in [2.75, 3.05) is 26.4 Å². The van der Waals surface area contributed by atoms with Gasteiger partial charge in [-0.2, -0.15) is 26.3 Å². The SMILES string of the molecule is CCCCCOC(CO)C(F)(F)F.CCCCCOC(CO)C(F)(F)F. The van der Waals surface area contributed by atoms with Gasteiger partial charge in [0, 0.05) is 13.2 Å². The third-order valence-electron chi connectivity index (χ3n) is 3.20. The topological polar surface area (TPSA) is 58.9 Å². The molecule has 0 aromatic rings. The van der Waals surface area contributed by atoms with Crippen LogP contribution in [0, 0.1) is 0 Å². The highest BCUT2D eigenvalue weighted by Gasteiger charge is 2.40. The van der Waals surface area contributed by atoms with E-state index in [0.29, 0.717) is 12.8 Å². The van der Waals surface area contributed by atoms with Gasteiger partial charge in [-0.25, -0.2) is 0 Å². The molecule has 0 saturated heterocycles. The molecule has 26 heavy (non-hydrogen) atoms. The quantitative estimate of drug-likeness (QED) is 0.380. The van der Waals surface area contributed by atoms with Crippen molar-refractivity contribution in [1.82, 2.24) is 0 Å². The van der Waals surface area contributed by atoms with Gasteiger partial charge in [-0.15, -0.1) is 0 Å². The molecule has 4 nitrogen and oxygen atoms in total. The minimum atomic E-state index is -4.46. The number of ether oxygens (including phenoxy) is 2. The van der Waals surface area contributed by atoms with E-state index in [0.717, 1.165) is 25.7 Å². The normalized spacial score (nSPS) is 14.5. The standard InChI is InChI=1S/2C8H15F3O2/c2*1-2-3-4-5-13-7(6-12)8(9,10)11/h2*7,12H,2-6H2,1H3. The maximum absolute atomic E-state index is 11.9. The van der Waals surface area contributed by atoms with Gasteiger partial charge in [0.05, 0.1) is 13.2 Å². The van der Waals surface area contributed by atoms with Crippen LogP contribution < -0.4 is 0 Å². The second kappa shape index (κ2) is 15.5. The first kappa shape index (κ1) is 27.6. The zero-order valence-corrected chi connectivity index (χ0v) is 15.2. The van der Waals surface area contributed by atoms with Gasteiger partial charge in [0.15, 0.2) is 12.2 Å². The van der Waals surface area contributed by atoms with Gasteiger partial charge in [-0.3, -0.25) is 0 Å². The Kier molecular flexibility index (Phi) is 16.4. The number of halogens is 6. The van der Waals surface area contributed by atoms with Gasteiger partial charge < -0.3 is 19.7 Å². The Bertz CT molecular complexity index is 280. The fourth-order valence-corrected chi connectivity index (χ4v) is 1.66. The number of unbranched alkanes of at least 4 members (excludes halogenated alkanes) is 4. The van der Waals surface area contributed by atoms with Crippen molar-refractivity contribution in [3.8, 4) is 0 Å². The molecule has 0 aliphatic heterocycles. The number of rotatable bonds is 12. The van der Waals surface area contributed by atoms with Crippen molar-refractivity contribution in [3.05, 3.63) is 0 Å². The Hall–Kier alpha value is -0.580. The molecule has 0 bridgehead atoms. The second-order valence-corrected chi connectivity index (χ2v) is 5.58. The van der Waals surface area contributed by atoms with E-state index in [4.69, 9.17) is 10.2 Å². The van der Waals surface area contributed by atoms with Crippen molar-refractivity contribution >= 4 is 0 Å². The summed E-state index contributed by atoms with van der Waals surface area (Å²) in [4.78, 5) is 0. The molecule has 0 rings (SSSR count). The third kappa shape index (κ3) is 15.7. The van der Waals surface area contributed by atoms with Crippen LogP contribution in [-0.2, 0) is 9.47 Å². The first-order chi connectivity index (χ1) is 12.0. The molecule has 0 fully saturated rings. The minimum Gasteiger partial charge on any atom is -0.393 e. The third-order valence-corrected chi connectivity index (χ3v) is 3.20. The maximum Gasteiger partial charge on any atom is 0.416 e. The summed E-state index contributed by atoms with van der Waals surface area (Å²) in [5.74, 6) is 0. The van der Waals surface area contributed by atoms with Crippen molar-refractivity contribution in [2.45, 2.75) is 76.9 Å². The summed E-state index contributed by atoms with van der Waals surface area (Å²) in [5, 5.41) is 16.7. The summed E-state index contributed by atoms with van der Waals surface area (Å²) >= 11 is 0. The van der Waals surface area contributed by atoms with E-state index in [-0.39, 0.29) is 13.2 Å². The molecule has 0 aromatic carbocycles. The van der Waals surface area contributed by atoms with Crippen molar-refractivity contribution in [2.24, 2.45) is 0 Å². The fourth-order valence-electron chi connectivity index (χ4n) is 1.66. The smallest absolute Gasteiger partial charge is 0.393 e. The molecule has 0 aliphatic carbocycles. The highest BCUT2D eigenvalue weighted by atomic mass is 19.4. The lowest BCUT2D eigenvalue weighted by molar-refractivity contribution is -0.230. The summed E-state index contributed by atoms with van der Waals surface area (Å²) in [6.07, 6.45) is -8.22. The zero-order chi connectivity index (χ0) is 20.6. The molecular weight excluding hydrogens is 370 g/mol. The average molecular weight is 400 g/mol. The highest BCUT2D eigenvalue weighted by Crippen LogP contribution is 2.23. The van der Waals surface area contributed by atoms with E-state index in [2.05, 4.69) is 9.47 Å². The Labute approximate surface area is 150 Å². The number of alkyl halides is 6. The van der Waals surface area contributed by atoms with Crippen LogP contribution in [0.25, 0.3) is 0 Å². The molecule has 0 aromatic heterocycles. The lowest BCUT2D eigenvalue weighted by atomic mass is 10.2. The second-order valence-electron chi connectivity index (χ2n) is 5.58. The molecule has 2 atom stereocenters. The predicted octanol–water partition coefficient (Wildman–Crippen LogP) is 4.23. The average Bonchev–Trinajstić information content (AvgIpc) is 2.53. The van der Waals surface area contributed by atoms with Crippen LogP contribution in [0.5, 0.6) is 0 Å². The first-order valence-electron chi connectivity index (χ1n) is 8.62. The van der Waals surface area contributed by atoms with Gasteiger partial charge in [0.1, 0.15) is 0 Å². The van der Waals surface area contributed by atoms with Gasteiger partial charge in [0.25, 0.3) is 0 Å². The molecule has 160 valence electrons. The van der Waals surface area contributed by atoms with Crippen LogP contribution in [0.4, 0.5) is 26.3 Å². The summed E-state index contributed by atoms with van der Waals surface area (Å²) in [7, 11) is 0. The highest BCUT2D eigenvalue weighted by molar-refractivity contribution is 4.66. The monoisotopic (exact) mass is 400 g/mol. The number of hydrogen-bond donors (Lipinski definition) is 2. The van der Waals surface area contributed by atoms with Gasteiger partial charge in [0.2, 0.25) is 0 Å². The Morgan fingerprint density at radius 3 is 1.15 bits per heavy atom. The van der Waals surface area contributed by atoms with E-state index in [1.165, 1.54) is 0 Å². The van der Waals surface area contributed by atoms with Crippen molar-refractivity contribution in [1.29, 1.82) is 0 Å². The van der Waals surface area contributed by atoms with Crippen LogP contribution >= 0.6 is 0 Å². The molecular formula is C16H30F6O4. The molecule has 10 heteroatoms. The minimum absolute atomic E-state index is 0.0541. The van der Waals surface area contributed by atoms with Crippen molar-refractivity contribution in [3.63, 3.8) is 0 Å². The fraction of sp³-hybridized carbons (Fsp3) is 1.00. The molecule has 0 radical (unpaired) electrons. The lowest BCUT2D eigenvalue weighted by Gasteiger charge is -2.18. The van der Waals surface area contributed by atoms with E-state index >= 15 is 0 Å². The Balaban J connectivity index is 0. The van der Waals surface area contributed by atoms with Gasteiger partial charge >= 0.3 is 12.4 Å². The molecule has 0 amide bonds. The van der Waals surface area contributed by atoms with Crippen LogP contribution in [0.15, 0.2) is 0 Å². The largest absolute Gasteiger partial charge is 0.416 e. The summed E-state index contributed by atoms with van der Waals surface area (Å²) in [5.41, 5.74) is 0. The van der Waals surface area contributed by atoms with Gasteiger partial charge in [-0.05, 0) is 12.8 Å². The number of hydrogen-bond acceptors (Lipinski definition) is 4. The molecule has 0 aliphatic rings. The van der Waals surface area contributed by atoms with E-state index in [1.54, 1.807) is 0 Å². The number of aliphatic hydroxyl groups excluding tert-OH is 2. The summed E-state index contributed by atoms with van der Waals surface area (Å²) < 4.78 is 80.6. The Morgan fingerprint density at radius 2 is 0.962 bits per heavy atom. The van der Waals surface area contributed by atoms with Crippen molar-refractivity contribution < 1.29 is 46.0 Å². The summed E-state index contributed by atoms with van der Waals surface area (Å²) in [6, 6.07) is 0. The number of aliphatic hydroxyl groups is 2. The lowest BCUT2D eigenvalue weighted by Crippen LogP contribution is -2.35. The van der Waals surface area contributed by atoms with Crippen LogP contribution in [0.3, 0.4) is 0 Å². The zero-order valence-electron chi connectivity index (χ0n) is 15.2. The van der Waals surface area contributed by atoms with Crippen LogP contribution in [0.2, 0.25) is 0 Å². The Morgan fingerprint density at radius 1 is 0.654 bits per heavy atom. The summed E-state index contributed by atoms with van der Waals surface area (Å²) in [6.45, 7) is 2.00. The van der Waals surface area contributed by atoms with Gasteiger partial charge in [-0.1, -0.05) is 39.5 Å². The maximum atomic E-state index is 11.9. The van der Waals surface area contributed by atoms with E-state index < -0.39 is 37.8 Å². The van der Waals surface area contributed by atoms with Crippen LogP contribution in [0.1, 0.15) is 52.4 Å².